The number of amides is 2. The quantitative estimate of drug-likeness (QED) is 0.783. The third-order valence-corrected chi connectivity index (χ3v) is 4.16. The van der Waals surface area contributed by atoms with Crippen molar-refractivity contribution in [3.63, 3.8) is 0 Å². The van der Waals surface area contributed by atoms with Crippen LogP contribution in [-0.2, 0) is 20.9 Å². The summed E-state index contributed by atoms with van der Waals surface area (Å²) in [5.74, 6) is -0.0000105. The molecule has 0 bridgehead atoms. The molecule has 1 aromatic rings. The number of carbonyl (C=O) groups excluding carboxylic acids is 2. The Kier molecular flexibility index (Phi) is 7.07. The highest BCUT2D eigenvalue weighted by molar-refractivity contribution is 5.87. The van der Waals surface area contributed by atoms with E-state index in [1.165, 1.54) is 0 Å². The predicted octanol–water partition coefficient (Wildman–Crippen LogP) is 2.11. The van der Waals surface area contributed by atoms with Crippen LogP contribution >= 0.6 is 0 Å². The first-order valence-electron chi connectivity index (χ1n) is 8.35. The van der Waals surface area contributed by atoms with Gasteiger partial charge in [-0.25, -0.2) is 0 Å². The van der Waals surface area contributed by atoms with E-state index in [2.05, 4.69) is 5.32 Å². The Morgan fingerprint density at radius 3 is 2.78 bits per heavy atom. The maximum Gasteiger partial charge on any atom is 0.242 e. The average molecular weight is 318 g/mol. The van der Waals surface area contributed by atoms with Crippen molar-refractivity contribution in [1.29, 1.82) is 0 Å². The molecule has 0 aromatic heterocycles. The van der Waals surface area contributed by atoms with Crippen molar-refractivity contribution >= 4 is 11.8 Å². The lowest BCUT2D eigenvalue weighted by Crippen LogP contribution is -2.51. The van der Waals surface area contributed by atoms with E-state index in [4.69, 9.17) is 4.74 Å². The number of rotatable bonds is 7. The van der Waals surface area contributed by atoms with Crippen LogP contribution in [0.5, 0.6) is 0 Å². The summed E-state index contributed by atoms with van der Waals surface area (Å²) in [4.78, 5) is 26.0. The number of likely N-dealkylation sites (N-methyl/N-ethyl adjacent to an activating group) is 1. The normalized spacial score (nSPS) is 17.8. The van der Waals surface area contributed by atoms with Crippen LogP contribution < -0.4 is 5.32 Å². The SMILES string of the molecule is CNC(=O)[C@H]1CCCCN1C(=O)CCCOCc1ccccc1. The number of nitrogens with one attached hydrogen (secondary N) is 1. The van der Waals surface area contributed by atoms with Gasteiger partial charge in [0.1, 0.15) is 6.04 Å². The lowest BCUT2D eigenvalue weighted by molar-refractivity contribution is -0.142. The van der Waals surface area contributed by atoms with Crippen molar-refractivity contribution in [1.82, 2.24) is 10.2 Å². The van der Waals surface area contributed by atoms with Crippen molar-refractivity contribution in [2.75, 3.05) is 20.2 Å². The molecule has 1 aliphatic heterocycles. The summed E-state index contributed by atoms with van der Waals surface area (Å²) < 4.78 is 5.60. The number of benzene rings is 1. The van der Waals surface area contributed by atoms with E-state index in [-0.39, 0.29) is 17.9 Å². The number of hydrogen-bond acceptors (Lipinski definition) is 3. The molecular weight excluding hydrogens is 292 g/mol. The summed E-state index contributed by atoms with van der Waals surface area (Å²) in [6.45, 7) is 1.81. The first kappa shape index (κ1) is 17.5. The third kappa shape index (κ3) is 5.36. The molecule has 5 nitrogen and oxygen atoms in total. The Hall–Kier alpha value is -1.88. The minimum atomic E-state index is -0.300. The molecule has 1 aromatic carbocycles. The monoisotopic (exact) mass is 318 g/mol. The van der Waals surface area contributed by atoms with Crippen LogP contribution in [0.15, 0.2) is 30.3 Å². The zero-order chi connectivity index (χ0) is 16.5. The second-order valence-electron chi connectivity index (χ2n) is 5.85. The maximum atomic E-state index is 12.4. The fraction of sp³-hybridized carbons (Fsp3) is 0.556. The second-order valence-corrected chi connectivity index (χ2v) is 5.85. The molecule has 0 aliphatic carbocycles. The highest BCUT2D eigenvalue weighted by Crippen LogP contribution is 2.18. The summed E-state index contributed by atoms with van der Waals surface area (Å²) in [7, 11) is 1.62. The molecule has 1 aliphatic rings. The summed E-state index contributed by atoms with van der Waals surface area (Å²) in [5, 5.41) is 2.66. The Morgan fingerprint density at radius 1 is 1.26 bits per heavy atom. The van der Waals surface area contributed by atoms with Crippen molar-refractivity contribution in [3.8, 4) is 0 Å². The molecule has 2 rings (SSSR count). The fourth-order valence-corrected chi connectivity index (χ4v) is 2.90. The molecule has 126 valence electrons. The lowest BCUT2D eigenvalue weighted by Gasteiger charge is -2.34. The van der Waals surface area contributed by atoms with Gasteiger partial charge in [0.15, 0.2) is 0 Å². The largest absolute Gasteiger partial charge is 0.377 e. The Morgan fingerprint density at radius 2 is 2.04 bits per heavy atom. The van der Waals surface area contributed by atoms with E-state index in [9.17, 15) is 9.59 Å². The van der Waals surface area contributed by atoms with Gasteiger partial charge in [-0.3, -0.25) is 9.59 Å². The molecule has 23 heavy (non-hydrogen) atoms. The van der Waals surface area contributed by atoms with Gasteiger partial charge in [-0.1, -0.05) is 30.3 Å². The van der Waals surface area contributed by atoms with Crippen molar-refractivity contribution < 1.29 is 14.3 Å². The predicted molar refractivity (Wildman–Crippen MR) is 88.8 cm³/mol. The number of piperidine rings is 1. The van der Waals surface area contributed by atoms with Crippen LogP contribution in [0.4, 0.5) is 0 Å². The number of ether oxygens (including phenoxy) is 1. The third-order valence-electron chi connectivity index (χ3n) is 4.16. The average Bonchev–Trinajstić information content (AvgIpc) is 2.61. The summed E-state index contributed by atoms with van der Waals surface area (Å²) in [5.41, 5.74) is 1.13. The topological polar surface area (TPSA) is 58.6 Å². The van der Waals surface area contributed by atoms with Crippen LogP contribution in [0.3, 0.4) is 0 Å². The smallest absolute Gasteiger partial charge is 0.242 e. The van der Waals surface area contributed by atoms with Crippen molar-refractivity contribution in [2.45, 2.75) is 44.8 Å². The van der Waals surface area contributed by atoms with Gasteiger partial charge in [-0.2, -0.15) is 0 Å². The van der Waals surface area contributed by atoms with Gasteiger partial charge in [-0.15, -0.1) is 0 Å². The van der Waals surface area contributed by atoms with E-state index < -0.39 is 0 Å². The van der Waals surface area contributed by atoms with Gasteiger partial charge < -0.3 is 15.0 Å². The second kappa shape index (κ2) is 9.30. The van der Waals surface area contributed by atoms with E-state index in [1.807, 2.05) is 30.3 Å². The Labute approximate surface area is 138 Å². The minimum absolute atomic E-state index is 0.0570. The molecule has 1 fully saturated rings. The first-order valence-corrected chi connectivity index (χ1v) is 8.35. The van der Waals surface area contributed by atoms with Crippen LogP contribution in [0.1, 0.15) is 37.7 Å². The molecule has 5 heteroatoms. The van der Waals surface area contributed by atoms with Crippen LogP contribution in [0.2, 0.25) is 0 Å². The van der Waals surface area contributed by atoms with Crippen LogP contribution in [-0.4, -0.2) is 43.0 Å². The molecule has 0 spiro atoms. The molecule has 1 saturated heterocycles. The first-order chi connectivity index (χ1) is 11.2. The molecular formula is C18H26N2O3. The van der Waals surface area contributed by atoms with E-state index >= 15 is 0 Å². The van der Waals surface area contributed by atoms with Gasteiger partial charge in [0, 0.05) is 26.6 Å². The summed E-state index contributed by atoms with van der Waals surface area (Å²) >= 11 is 0. The molecule has 0 saturated carbocycles. The molecule has 0 radical (unpaired) electrons. The van der Waals surface area contributed by atoms with Gasteiger partial charge in [0.25, 0.3) is 0 Å². The van der Waals surface area contributed by atoms with Crippen molar-refractivity contribution in [2.24, 2.45) is 0 Å². The molecule has 1 heterocycles. The van der Waals surface area contributed by atoms with Gasteiger partial charge in [0.2, 0.25) is 11.8 Å². The van der Waals surface area contributed by atoms with Gasteiger partial charge in [0.05, 0.1) is 6.61 Å². The number of nitrogens with zero attached hydrogens (tertiary/aromatic N) is 1. The molecule has 1 N–H and O–H groups in total. The van der Waals surface area contributed by atoms with Gasteiger partial charge >= 0.3 is 0 Å². The maximum absolute atomic E-state index is 12.4. The molecule has 1 atom stereocenters. The molecule has 2 amide bonds. The standard InChI is InChI=1S/C18H26N2O3/c1-19-18(22)16-10-5-6-12-20(16)17(21)11-7-13-23-14-15-8-3-2-4-9-15/h2-4,8-9,16H,5-7,10-14H2,1H3,(H,19,22)/t16-/m1/s1. The van der Waals surface area contributed by atoms with Crippen LogP contribution in [0.25, 0.3) is 0 Å². The zero-order valence-electron chi connectivity index (χ0n) is 13.8. The highest BCUT2D eigenvalue weighted by atomic mass is 16.5. The van der Waals surface area contributed by atoms with Crippen molar-refractivity contribution in [3.05, 3.63) is 35.9 Å². The fourth-order valence-electron chi connectivity index (χ4n) is 2.90. The van der Waals surface area contributed by atoms with E-state index in [0.29, 0.717) is 32.6 Å². The number of hydrogen-bond donors (Lipinski definition) is 1. The van der Waals surface area contributed by atoms with E-state index in [1.54, 1.807) is 11.9 Å². The summed E-state index contributed by atoms with van der Waals surface area (Å²) in [6.07, 6.45) is 3.85. The molecule has 0 unspecified atom stereocenters. The van der Waals surface area contributed by atoms with E-state index in [0.717, 1.165) is 24.8 Å². The Balaban J connectivity index is 1.70. The number of carbonyl (C=O) groups is 2. The van der Waals surface area contributed by atoms with Crippen LogP contribution in [0, 0.1) is 0 Å². The lowest BCUT2D eigenvalue weighted by atomic mass is 10.0. The number of likely N-dealkylation sites (tertiary alicyclic amines) is 1. The Bertz CT molecular complexity index is 504. The summed E-state index contributed by atoms with van der Waals surface area (Å²) in [6, 6.07) is 9.68. The zero-order valence-corrected chi connectivity index (χ0v) is 13.8. The van der Waals surface area contributed by atoms with Gasteiger partial charge in [-0.05, 0) is 31.2 Å². The minimum Gasteiger partial charge on any atom is -0.377 e. The highest BCUT2D eigenvalue weighted by Gasteiger charge is 2.30.